The SMILES string of the molecule is CNS(=O)(=O)c1cnc(OCC2CC2)c(-c2cn(C)c(=O)c3[nH]ccc23)c1. The van der Waals surface area contributed by atoms with Crippen LogP contribution in [-0.2, 0) is 17.1 Å². The number of aromatic amines is 1. The van der Waals surface area contributed by atoms with Crippen molar-refractivity contribution in [3.63, 3.8) is 0 Å². The van der Waals surface area contributed by atoms with Crippen LogP contribution in [0.2, 0.25) is 0 Å². The molecule has 1 aliphatic rings. The van der Waals surface area contributed by atoms with Crippen molar-refractivity contribution in [2.45, 2.75) is 17.7 Å². The first-order valence-electron chi connectivity index (χ1n) is 8.64. The maximum absolute atomic E-state index is 12.3. The number of hydrogen-bond acceptors (Lipinski definition) is 5. The second-order valence-corrected chi connectivity index (χ2v) is 8.60. The van der Waals surface area contributed by atoms with Gasteiger partial charge < -0.3 is 14.3 Å². The van der Waals surface area contributed by atoms with Crippen LogP contribution < -0.4 is 15.0 Å². The highest BCUT2D eigenvalue weighted by Gasteiger charge is 2.24. The second-order valence-electron chi connectivity index (χ2n) is 6.71. The van der Waals surface area contributed by atoms with Gasteiger partial charge in [-0.25, -0.2) is 18.1 Å². The van der Waals surface area contributed by atoms with Crippen LogP contribution >= 0.6 is 0 Å². The summed E-state index contributed by atoms with van der Waals surface area (Å²) in [6, 6.07) is 3.32. The van der Waals surface area contributed by atoms with E-state index >= 15 is 0 Å². The monoisotopic (exact) mass is 388 g/mol. The van der Waals surface area contributed by atoms with E-state index < -0.39 is 10.0 Å². The van der Waals surface area contributed by atoms with Crippen molar-refractivity contribution < 1.29 is 13.2 Å². The molecule has 3 aromatic heterocycles. The molecule has 4 rings (SSSR count). The normalized spacial score (nSPS) is 14.6. The summed E-state index contributed by atoms with van der Waals surface area (Å²) in [5, 5.41) is 0.690. The number of fused-ring (bicyclic) bond motifs is 1. The smallest absolute Gasteiger partial charge is 0.274 e. The van der Waals surface area contributed by atoms with Crippen molar-refractivity contribution in [3.05, 3.63) is 41.1 Å². The Morgan fingerprint density at radius 1 is 1.37 bits per heavy atom. The summed E-state index contributed by atoms with van der Waals surface area (Å²) in [5.41, 5.74) is 1.50. The highest BCUT2D eigenvalue weighted by molar-refractivity contribution is 7.89. The molecule has 8 nitrogen and oxygen atoms in total. The highest BCUT2D eigenvalue weighted by atomic mass is 32.2. The first-order valence-corrected chi connectivity index (χ1v) is 10.1. The first kappa shape index (κ1) is 17.7. The highest BCUT2D eigenvalue weighted by Crippen LogP contribution is 2.36. The number of sulfonamides is 1. The molecule has 3 heterocycles. The van der Waals surface area contributed by atoms with Crippen LogP contribution in [0, 0.1) is 5.92 Å². The van der Waals surface area contributed by atoms with Crippen LogP contribution in [0.3, 0.4) is 0 Å². The zero-order valence-electron chi connectivity index (χ0n) is 15.0. The zero-order chi connectivity index (χ0) is 19.2. The molecule has 0 bridgehead atoms. The molecule has 0 amide bonds. The Morgan fingerprint density at radius 3 is 2.85 bits per heavy atom. The molecule has 0 saturated heterocycles. The van der Waals surface area contributed by atoms with Gasteiger partial charge in [-0.3, -0.25) is 4.79 Å². The second kappa shape index (κ2) is 6.50. The molecule has 0 atom stereocenters. The Hall–Kier alpha value is -2.65. The van der Waals surface area contributed by atoms with Crippen molar-refractivity contribution in [3.8, 4) is 17.0 Å². The van der Waals surface area contributed by atoms with E-state index in [-0.39, 0.29) is 10.5 Å². The average molecular weight is 388 g/mol. The van der Waals surface area contributed by atoms with Gasteiger partial charge in [0.1, 0.15) is 10.4 Å². The van der Waals surface area contributed by atoms with E-state index in [2.05, 4.69) is 14.7 Å². The minimum absolute atomic E-state index is 0.0383. The Morgan fingerprint density at radius 2 is 2.15 bits per heavy atom. The fourth-order valence-electron chi connectivity index (χ4n) is 2.97. The minimum atomic E-state index is -3.67. The Bertz CT molecular complexity index is 1180. The predicted octanol–water partition coefficient (Wildman–Crippen LogP) is 1.63. The fraction of sp³-hybridized carbons (Fsp3) is 0.333. The van der Waals surface area contributed by atoms with E-state index in [0.717, 1.165) is 12.8 Å². The van der Waals surface area contributed by atoms with Crippen molar-refractivity contribution >= 4 is 20.9 Å². The quantitative estimate of drug-likeness (QED) is 0.668. The molecule has 3 aromatic rings. The molecule has 27 heavy (non-hydrogen) atoms. The van der Waals surface area contributed by atoms with Crippen molar-refractivity contribution in [1.29, 1.82) is 0 Å². The van der Waals surface area contributed by atoms with E-state index in [1.807, 2.05) is 0 Å². The fourth-order valence-corrected chi connectivity index (χ4v) is 3.67. The molecular weight excluding hydrogens is 368 g/mol. The Kier molecular flexibility index (Phi) is 4.27. The van der Waals surface area contributed by atoms with Crippen LogP contribution in [0.25, 0.3) is 22.0 Å². The topological polar surface area (TPSA) is 106 Å². The molecule has 0 spiro atoms. The summed E-state index contributed by atoms with van der Waals surface area (Å²) in [4.78, 5) is 19.6. The lowest BCUT2D eigenvalue weighted by atomic mass is 10.1. The van der Waals surface area contributed by atoms with Crippen LogP contribution in [0.5, 0.6) is 5.88 Å². The number of nitrogens with one attached hydrogen (secondary N) is 2. The maximum Gasteiger partial charge on any atom is 0.274 e. The number of H-pyrrole nitrogens is 1. The summed E-state index contributed by atoms with van der Waals surface area (Å²) in [7, 11) is -0.665. The minimum Gasteiger partial charge on any atom is -0.477 e. The number of pyridine rings is 2. The molecule has 1 fully saturated rings. The lowest BCUT2D eigenvalue weighted by Gasteiger charge is -2.14. The van der Waals surface area contributed by atoms with Gasteiger partial charge in [0, 0.05) is 36.0 Å². The van der Waals surface area contributed by atoms with E-state index in [4.69, 9.17) is 4.74 Å². The van der Waals surface area contributed by atoms with E-state index in [9.17, 15) is 13.2 Å². The van der Waals surface area contributed by atoms with Crippen molar-refractivity contribution in [1.82, 2.24) is 19.3 Å². The standard InChI is InChI=1S/C18H20N4O4S/c1-19-27(24,25)12-7-14(17(21-8-12)26-10-11-3-4-11)15-9-22(2)18(23)16-13(15)5-6-20-16/h5-9,11,19-20H,3-4,10H2,1-2H3. The van der Waals surface area contributed by atoms with Gasteiger partial charge in [-0.1, -0.05) is 0 Å². The summed E-state index contributed by atoms with van der Waals surface area (Å²) < 4.78 is 34.1. The van der Waals surface area contributed by atoms with Crippen LogP contribution in [0.1, 0.15) is 12.8 Å². The summed E-state index contributed by atoms with van der Waals surface area (Å²) in [6.07, 6.45) is 6.90. The largest absolute Gasteiger partial charge is 0.477 e. The van der Waals surface area contributed by atoms with Crippen LogP contribution in [0.4, 0.5) is 0 Å². The van der Waals surface area contributed by atoms with Crippen molar-refractivity contribution in [2.75, 3.05) is 13.7 Å². The molecule has 9 heteroatoms. The van der Waals surface area contributed by atoms with Gasteiger partial charge in [0.05, 0.1) is 12.8 Å². The Labute approximate surface area is 156 Å². The number of rotatable bonds is 6. The number of hydrogen-bond donors (Lipinski definition) is 2. The van der Waals surface area contributed by atoms with Gasteiger partial charge in [-0.15, -0.1) is 0 Å². The van der Waals surface area contributed by atoms with Gasteiger partial charge in [-0.2, -0.15) is 0 Å². The maximum atomic E-state index is 12.3. The molecule has 0 aromatic carbocycles. The third-order valence-corrected chi connectivity index (χ3v) is 6.12. The van der Waals surface area contributed by atoms with Crippen LogP contribution in [0.15, 0.2) is 40.4 Å². The van der Waals surface area contributed by atoms with Gasteiger partial charge in [0.15, 0.2) is 0 Å². The molecule has 2 N–H and O–H groups in total. The lowest BCUT2D eigenvalue weighted by Crippen LogP contribution is -2.19. The molecule has 0 unspecified atom stereocenters. The predicted molar refractivity (Wildman–Crippen MR) is 101 cm³/mol. The lowest BCUT2D eigenvalue weighted by molar-refractivity contribution is 0.289. The van der Waals surface area contributed by atoms with Gasteiger partial charge in [0.2, 0.25) is 15.9 Å². The van der Waals surface area contributed by atoms with Gasteiger partial charge >= 0.3 is 0 Å². The van der Waals surface area contributed by atoms with Crippen molar-refractivity contribution in [2.24, 2.45) is 13.0 Å². The number of ether oxygens (including phenoxy) is 1. The van der Waals surface area contributed by atoms with Gasteiger partial charge in [0.25, 0.3) is 5.56 Å². The molecule has 142 valence electrons. The first-order chi connectivity index (χ1) is 12.9. The average Bonchev–Trinajstić information content (AvgIpc) is 3.36. The summed E-state index contributed by atoms with van der Waals surface area (Å²) in [6.45, 7) is 0.542. The molecule has 0 aliphatic heterocycles. The number of aryl methyl sites for hydroxylation is 1. The summed E-state index contributed by atoms with van der Waals surface area (Å²) >= 11 is 0. The third kappa shape index (κ3) is 3.24. The van der Waals surface area contributed by atoms with E-state index in [1.54, 1.807) is 25.5 Å². The molecular formula is C18H20N4O4S. The molecule has 0 radical (unpaired) electrons. The zero-order valence-corrected chi connectivity index (χ0v) is 15.8. The van der Waals surface area contributed by atoms with Crippen LogP contribution in [-0.4, -0.2) is 36.6 Å². The number of aromatic nitrogens is 3. The van der Waals surface area contributed by atoms with E-state index in [1.165, 1.54) is 23.9 Å². The van der Waals surface area contributed by atoms with Gasteiger partial charge in [-0.05, 0) is 37.9 Å². The number of nitrogens with zero attached hydrogens (tertiary/aromatic N) is 2. The molecule has 1 saturated carbocycles. The molecule has 1 aliphatic carbocycles. The Balaban J connectivity index is 1.93. The van der Waals surface area contributed by atoms with E-state index in [0.29, 0.717) is 40.4 Å². The third-order valence-electron chi connectivity index (χ3n) is 4.74. The summed E-state index contributed by atoms with van der Waals surface area (Å²) in [5.74, 6) is 0.880.